The van der Waals surface area contributed by atoms with Gasteiger partial charge in [-0.2, -0.15) is 14.6 Å². The third-order valence-corrected chi connectivity index (χ3v) is 6.12. The summed E-state index contributed by atoms with van der Waals surface area (Å²) in [6.07, 6.45) is 10.9. The molecule has 1 unspecified atom stereocenters. The number of nitrogens with zero attached hydrogens (tertiary/aromatic N) is 6. The molecule has 0 saturated heterocycles. The lowest BCUT2D eigenvalue weighted by Gasteiger charge is -2.22. The van der Waals surface area contributed by atoms with Crippen molar-refractivity contribution >= 4 is 44.9 Å². The maximum absolute atomic E-state index is 12.0. The fraction of sp³-hybridized carbons (Fsp3) is 0.280. The molecule has 1 aliphatic carbocycles. The van der Waals surface area contributed by atoms with Crippen LogP contribution < -0.4 is 10.6 Å². The monoisotopic (exact) mass is 488 g/mol. The van der Waals surface area contributed by atoms with E-state index in [2.05, 4.69) is 79.3 Å². The van der Waals surface area contributed by atoms with Crippen LogP contribution in [0.25, 0.3) is 6.08 Å². The molecule has 0 spiro atoms. The number of likely N-dealkylation sites (N-methyl/N-ethyl adjacent to an activating group) is 1. The van der Waals surface area contributed by atoms with Crippen molar-refractivity contribution in [2.45, 2.75) is 18.9 Å². The number of anilines is 4. The van der Waals surface area contributed by atoms with Gasteiger partial charge >= 0.3 is 0 Å². The highest BCUT2D eigenvalue weighted by Gasteiger charge is 2.16. The molecule has 10 heteroatoms. The molecule has 35 heavy (non-hydrogen) atoms. The van der Waals surface area contributed by atoms with Gasteiger partial charge in [0, 0.05) is 34.0 Å². The highest BCUT2D eigenvalue weighted by atomic mass is 32.2. The highest BCUT2D eigenvalue weighted by molar-refractivity contribution is 7.92. The number of hydrogen-bond acceptors (Lipinski definition) is 9. The average Bonchev–Trinajstić information content (AvgIpc) is 3.01. The number of aromatic nitrogens is 3. The number of fused-ring (bicyclic) bond motifs is 1. The molecule has 2 aromatic heterocycles. The Morgan fingerprint density at radius 3 is 2.74 bits per heavy atom. The summed E-state index contributed by atoms with van der Waals surface area (Å²) in [4.78, 5) is 15.4. The van der Waals surface area contributed by atoms with Gasteiger partial charge in [0.2, 0.25) is 5.95 Å². The van der Waals surface area contributed by atoms with Gasteiger partial charge in [0.15, 0.2) is 11.6 Å². The Balaban J connectivity index is 1.59. The van der Waals surface area contributed by atoms with Crippen molar-refractivity contribution in [3.05, 3.63) is 65.4 Å². The predicted molar refractivity (Wildman–Crippen MR) is 141 cm³/mol. The third kappa shape index (κ3) is 6.41. The van der Waals surface area contributed by atoms with Gasteiger partial charge < -0.3 is 15.5 Å². The van der Waals surface area contributed by atoms with Gasteiger partial charge in [-0.15, -0.1) is 0 Å². The number of pyridine rings is 1. The molecular weight excluding hydrogens is 460 g/mol. The van der Waals surface area contributed by atoms with Crippen molar-refractivity contribution in [3.8, 4) is 6.07 Å². The van der Waals surface area contributed by atoms with Crippen LogP contribution >= 0.6 is 0 Å². The molecular formula is C25H28N8OS. The molecule has 1 atom stereocenters. The van der Waals surface area contributed by atoms with Crippen molar-refractivity contribution in [2.75, 3.05) is 37.2 Å². The Bertz CT molecular complexity index is 1430. The van der Waals surface area contributed by atoms with Gasteiger partial charge in [-0.05, 0) is 62.3 Å². The highest BCUT2D eigenvalue weighted by Crippen LogP contribution is 2.26. The molecule has 0 amide bonds. The van der Waals surface area contributed by atoms with Crippen LogP contribution in [0.3, 0.4) is 0 Å². The van der Waals surface area contributed by atoms with Crippen molar-refractivity contribution in [1.29, 1.82) is 5.26 Å². The largest absolute Gasteiger partial charge is 0.324 e. The molecule has 0 fully saturated rings. The second kappa shape index (κ2) is 10.2. The summed E-state index contributed by atoms with van der Waals surface area (Å²) in [5.74, 6) is 1.44. The van der Waals surface area contributed by atoms with Crippen molar-refractivity contribution in [3.63, 3.8) is 0 Å². The molecule has 1 aromatic carbocycles. The molecule has 0 radical (unpaired) electrons. The van der Waals surface area contributed by atoms with Crippen LogP contribution in [0.5, 0.6) is 0 Å². The quantitative estimate of drug-likeness (QED) is 0.521. The number of nitriles is 1. The maximum Gasteiger partial charge on any atom is 0.229 e. The maximum atomic E-state index is 12.0. The minimum atomic E-state index is -2.35. The van der Waals surface area contributed by atoms with E-state index >= 15 is 0 Å². The Kier molecular flexibility index (Phi) is 7.10. The van der Waals surface area contributed by atoms with Crippen molar-refractivity contribution in [1.82, 2.24) is 19.9 Å². The first-order valence-corrected chi connectivity index (χ1v) is 13.4. The van der Waals surface area contributed by atoms with E-state index in [1.807, 2.05) is 6.07 Å². The lowest BCUT2D eigenvalue weighted by Crippen LogP contribution is -2.29. The summed E-state index contributed by atoms with van der Waals surface area (Å²) in [5.41, 5.74) is 3.60. The third-order valence-electron chi connectivity index (χ3n) is 5.49. The van der Waals surface area contributed by atoms with E-state index in [1.165, 1.54) is 17.3 Å². The van der Waals surface area contributed by atoms with Crippen LogP contribution in [-0.2, 0) is 16.1 Å². The molecule has 4 rings (SSSR count). The van der Waals surface area contributed by atoms with Crippen molar-refractivity contribution < 1.29 is 4.21 Å². The Labute approximate surface area is 206 Å². The standard InChI is InChI=1S/C25H28N8OS/c1-33(2)21-8-5-7-17-11-12-20(13-18(17)14-21)28-25-27-16-19(15-26)24(31-25)30-22-9-6-10-23(29-22)32-35(3,4)34/h5-7,9-13,16,21H,8,14H2,1-4H3,(H2,27,28,29,30,31). The number of nitrogens with one attached hydrogen (secondary N) is 2. The Morgan fingerprint density at radius 1 is 1.17 bits per heavy atom. The number of benzene rings is 1. The van der Waals surface area contributed by atoms with E-state index in [-0.39, 0.29) is 5.56 Å². The van der Waals surface area contributed by atoms with Gasteiger partial charge in [0.1, 0.15) is 17.5 Å². The van der Waals surface area contributed by atoms with Gasteiger partial charge in [-0.25, -0.2) is 14.2 Å². The van der Waals surface area contributed by atoms with E-state index in [1.54, 1.807) is 30.7 Å². The summed E-state index contributed by atoms with van der Waals surface area (Å²) >= 11 is 0. The first-order chi connectivity index (χ1) is 16.7. The summed E-state index contributed by atoms with van der Waals surface area (Å²) in [6.45, 7) is 0. The topological polar surface area (TPSA) is 119 Å². The van der Waals surface area contributed by atoms with E-state index in [9.17, 15) is 9.47 Å². The molecule has 3 aromatic rings. The molecule has 9 nitrogen and oxygen atoms in total. The minimum absolute atomic E-state index is 0.273. The normalized spacial score (nSPS) is 15.1. The van der Waals surface area contributed by atoms with Crippen molar-refractivity contribution in [2.24, 2.45) is 4.36 Å². The first kappa shape index (κ1) is 24.3. The fourth-order valence-electron chi connectivity index (χ4n) is 3.74. The van der Waals surface area contributed by atoms with Gasteiger partial charge in [0.25, 0.3) is 0 Å². The molecule has 1 aliphatic rings. The second-order valence-electron chi connectivity index (χ2n) is 8.84. The van der Waals surface area contributed by atoms with E-state index < -0.39 is 9.73 Å². The SMILES string of the molecule is CN(C)C1CC=Cc2ccc(Nc3ncc(C#N)c(Nc4cccc(N=S(C)(C)=O)n4)n3)cc2C1. The zero-order valence-corrected chi connectivity index (χ0v) is 21.0. The molecule has 180 valence electrons. The van der Waals surface area contributed by atoms with E-state index in [0.29, 0.717) is 29.4 Å². The van der Waals surface area contributed by atoms with Crippen LogP contribution in [-0.4, -0.2) is 56.7 Å². The zero-order chi connectivity index (χ0) is 25.0. The lowest BCUT2D eigenvalue weighted by atomic mass is 10.0. The minimum Gasteiger partial charge on any atom is -0.324 e. The molecule has 2 N–H and O–H groups in total. The first-order valence-electron chi connectivity index (χ1n) is 11.1. The lowest BCUT2D eigenvalue weighted by molar-refractivity contribution is 0.294. The second-order valence-corrected chi connectivity index (χ2v) is 11.4. The number of hydrogen-bond donors (Lipinski definition) is 2. The van der Waals surface area contributed by atoms with Gasteiger partial charge in [0.05, 0.1) is 6.20 Å². The number of rotatable bonds is 6. The van der Waals surface area contributed by atoms with Gasteiger partial charge in [-0.1, -0.05) is 24.3 Å². The Morgan fingerprint density at radius 2 is 2.00 bits per heavy atom. The summed E-state index contributed by atoms with van der Waals surface area (Å²) in [5, 5.41) is 15.8. The van der Waals surface area contributed by atoms with Crippen LogP contribution in [0.1, 0.15) is 23.1 Å². The van der Waals surface area contributed by atoms with E-state index in [4.69, 9.17) is 0 Å². The molecule has 0 bridgehead atoms. The van der Waals surface area contributed by atoms with Crippen LogP contribution in [0, 0.1) is 11.3 Å². The van der Waals surface area contributed by atoms with E-state index in [0.717, 1.165) is 18.5 Å². The molecule has 2 heterocycles. The summed E-state index contributed by atoms with van der Waals surface area (Å²) in [6, 6.07) is 13.9. The summed E-state index contributed by atoms with van der Waals surface area (Å²) in [7, 11) is 1.86. The summed E-state index contributed by atoms with van der Waals surface area (Å²) < 4.78 is 16.1. The van der Waals surface area contributed by atoms with Crippen LogP contribution in [0.4, 0.5) is 29.1 Å². The van der Waals surface area contributed by atoms with Crippen LogP contribution in [0.15, 0.2) is 53.0 Å². The smallest absolute Gasteiger partial charge is 0.229 e. The predicted octanol–water partition coefficient (Wildman–Crippen LogP) is 4.48. The average molecular weight is 489 g/mol. The zero-order valence-electron chi connectivity index (χ0n) is 20.2. The molecule has 0 aliphatic heterocycles. The van der Waals surface area contributed by atoms with Gasteiger partial charge in [-0.3, -0.25) is 0 Å². The fourth-order valence-corrected chi connectivity index (χ4v) is 4.30. The van der Waals surface area contributed by atoms with Crippen LogP contribution in [0.2, 0.25) is 0 Å². The Hall–Kier alpha value is -3.81. The molecule has 0 saturated carbocycles.